The molecule has 138 valence electrons. The molecule has 2 atom stereocenters. The summed E-state index contributed by atoms with van der Waals surface area (Å²) in [5, 5.41) is 0.228. The zero-order chi connectivity index (χ0) is 18.7. The van der Waals surface area contributed by atoms with Crippen molar-refractivity contribution in [2.24, 2.45) is 5.73 Å². The fourth-order valence-corrected chi connectivity index (χ4v) is 4.82. The molecule has 1 aliphatic heterocycles. The maximum Gasteiger partial charge on any atom is 0.328 e. The van der Waals surface area contributed by atoms with Crippen LogP contribution in [0.25, 0.3) is 0 Å². The van der Waals surface area contributed by atoms with Crippen LogP contribution >= 0.6 is 11.8 Å². The van der Waals surface area contributed by atoms with E-state index in [9.17, 15) is 13.2 Å². The van der Waals surface area contributed by atoms with E-state index in [0.29, 0.717) is 22.1 Å². The Morgan fingerprint density at radius 2 is 1.62 bits per heavy atom. The van der Waals surface area contributed by atoms with Gasteiger partial charge in [-0.25, -0.2) is 13.2 Å². The summed E-state index contributed by atoms with van der Waals surface area (Å²) in [6, 6.07) is 12.2. The summed E-state index contributed by atoms with van der Waals surface area (Å²) < 4.78 is 35.2. The lowest BCUT2D eigenvalue weighted by Crippen LogP contribution is -2.30. The molecular formula is C18H19NO5S2. The van der Waals surface area contributed by atoms with Crippen LogP contribution in [0.1, 0.15) is 6.92 Å². The van der Waals surface area contributed by atoms with Crippen LogP contribution in [0, 0.1) is 0 Å². The van der Waals surface area contributed by atoms with Crippen LogP contribution in [0.2, 0.25) is 0 Å². The molecule has 1 fully saturated rings. The van der Waals surface area contributed by atoms with Gasteiger partial charge in [0, 0.05) is 11.0 Å². The number of hydrogen-bond donors (Lipinski definition) is 1. The molecule has 26 heavy (non-hydrogen) atoms. The van der Waals surface area contributed by atoms with Gasteiger partial charge in [0.2, 0.25) is 0 Å². The zero-order valence-electron chi connectivity index (χ0n) is 14.1. The Labute approximate surface area is 156 Å². The minimum atomic E-state index is -3.25. The SMILES string of the molecule is CC(N)C(=O)Oc1ccc(Oc2ccc(S(=O)(=O)CC3CS3)cc2)cc1. The van der Waals surface area contributed by atoms with Gasteiger partial charge in [0.15, 0.2) is 9.84 Å². The molecular weight excluding hydrogens is 374 g/mol. The minimum Gasteiger partial charge on any atom is -0.457 e. The first kappa shape index (κ1) is 18.8. The second-order valence-electron chi connectivity index (χ2n) is 5.99. The van der Waals surface area contributed by atoms with Crippen LogP contribution in [-0.4, -0.2) is 37.2 Å². The van der Waals surface area contributed by atoms with Gasteiger partial charge in [-0.05, 0) is 55.5 Å². The second kappa shape index (κ2) is 7.69. The summed E-state index contributed by atoms with van der Waals surface area (Å²) in [7, 11) is -3.25. The molecule has 0 radical (unpaired) electrons. The highest BCUT2D eigenvalue weighted by atomic mass is 32.2. The molecule has 8 heteroatoms. The number of hydrogen-bond acceptors (Lipinski definition) is 7. The van der Waals surface area contributed by atoms with Crippen molar-refractivity contribution in [1.82, 2.24) is 0 Å². The molecule has 1 heterocycles. The molecule has 2 N–H and O–H groups in total. The molecule has 2 aromatic carbocycles. The Bertz CT molecular complexity index is 873. The number of carbonyl (C=O) groups excluding carboxylic acids is 1. The maximum absolute atomic E-state index is 12.2. The van der Waals surface area contributed by atoms with E-state index in [0.717, 1.165) is 5.75 Å². The number of sulfone groups is 1. The van der Waals surface area contributed by atoms with Crippen LogP contribution in [0.3, 0.4) is 0 Å². The molecule has 1 aliphatic rings. The molecule has 2 unspecified atom stereocenters. The van der Waals surface area contributed by atoms with Gasteiger partial charge < -0.3 is 15.2 Å². The fraction of sp³-hybridized carbons (Fsp3) is 0.278. The smallest absolute Gasteiger partial charge is 0.328 e. The Hall–Kier alpha value is -2.03. The van der Waals surface area contributed by atoms with Crippen molar-refractivity contribution in [2.75, 3.05) is 11.5 Å². The quantitative estimate of drug-likeness (QED) is 0.439. The van der Waals surface area contributed by atoms with Crippen LogP contribution < -0.4 is 15.2 Å². The normalized spacial score (nSPS) is 17.4. The largest absolute Gasteiger partial charge is 0.457 e. The lowest BCUT2D eigenvalue weighted by atomic mass is 10.3. The highest BCUT2D eigenvalue weighted by molar-refractivity contribution is 8.08. The lowest BCUT2D eigenvalue weighted by Gasteiger charge is -2.09. The summed E-state index contributed by atoms with van der Waals surface area (Å²) in [4.78, 5) is 11.7. The number of rotatable bonds is 7. The number of ether oxygens (including phenoxy) is 2. The fourth-order valence-electron chi connectivity index (χ4n) is 2.14. The summed E-state index contributed by atoms with van der Waals surface area (Å²) in [5.41, 5.74) is 5.45. The number of nitrogens with two attached hydrogens (primary N) is 1. The summed E-state index contributed by atoms with van der Waals surface area (Å²) >= 11 is 1.66. The van der Waals surface area contributed by atoms with Crippen molar-refractivity contribution in [3.8, 4) is 17.2 Å². The highest BCUT2D eigenvalue weighted by Gasteiger charge is 2.29. The predicted molar refractivity (Wildman–Crippen MR) is 101 cm³/mol. The van der Waals surface area contributed by atoms with Crippen LogP contribution in [-0.2, 0) is 14.6 Å². The maximum atomic E-state index is 12.2. The van der Waals surface area contributed by atoms with Crippen molar-refractivity contribution in [3.63, 3.8) is 0 Å². The standard InChI is InChI=1S/C18H19NO5S2/c1-12(19)18(20)24-15-4-2-13(3-5-15)23-14-6-8-17(9-7-14)26(21,22)11-16-10-25-16/h2-9,12,16H,10-11,19H2,1H3. The average Bonchev–Trinajstić information content (AvgIpc) is 3.40. The van der Waals surface area contributed by atoms with Crippen molar-refractivity contribution in [2.45, 2.75) is 23.1 Å². The number of benzene rings is 2. The predicted octanol–water partition coefficient (Wildman–Crippen LogP) is 2.62. The van der Waals surface area contributed by atoms with Crippen molar-refractivity contribution < 1.29 is 22.7 Å². The van der Waals surface area contributed by atoms with E-state index in [-0.39, 0.29) is 11.0 Å². The van der Waals surface area contributed by atoms with Gasteiger partial charge >= 0.3 is 5.97 Å². The Morgan fingerprint density at radius 3 is 2.12 bits per heavy atom. The molecule has 0 spiro atoms. The van der Waals surface area contributed by atoms with Crippen molar-refractivity contribution in [3.05, 3.63) is 48.5 Å². The first-order valence-electron chi connectivity index (χ1n) is 8.03. The molecule has 0 bridgehead atoms. The lowest BCUT2D eigenvalue weighted by molar-refractivity contribution is -0.135. The third-order valence-electron chi connectivity index (χ3n) is 3.64. The van der Waals surface area contributed by atoms with Gasteiger partial charge in [-0.3, -0.25) is 0 Å². The summed E-state index contributed by atoms with van der Waals surface area (Å²) in [6.45, 7) is 1.55. The van der Waals surface area contributed by atoms with Crippen LogP contribution in [0.15, 0.2) is 53.4 Å². The van der Waals surface area contributed by atoms with Crippen molar-refractivity contribution in [1.29, 1.82) is 0 Å². The van der Waals surface area contributed by atoms with E-state index in [1.165, 1.54) is 0 Å². The van der Waals surface area contributed by atoms with E-state index < -0.39 is 21.8 Å². The first-order valence-corrected chi connectivity index (χ1v) is 10.7. The molecule has 2 aromatic rings. The molecule has 1 saturated heterocycles. The monoisotopic (exact) mass is 393 g/mol. The van der Waals surface area contributed by atoms with Gasteiger partial charge in [0.1, 0.15) is 23.3 Å². The van der Waals surface area contributed by atoms with E-state index in [2.05, 4.69) is 0 Å². The average molecular weight is 393 g/mol. The zero-order valence-corrected chi connectivity index (χ0v) is 15.8. The van der Waals surface area contributed by atoms with Crippen LogP contribution in [0.5, 0.6) is 17.2 Å². The van der Waals surface area contributed by atoms with Gasteiger partial charge in [0.05, 0.1) is 10.6 Å². The Balaban J connectivity index is 1.62. The third-order valence-corrected chi connectivity index (χ3v) is 6.65. The number of thioether (sulfide) groups is 1. The van der Waals surface area contributed by atoms with Crippen molar-refractivity contribution >= 4 is 27.6 Å². The minimum absolute atomic E-state index is 0.180. The molecule has 6 nitrogen and oxygen atoms in total. The first-order chi connectivity index (χ1) is 12.3. The van der Waals surface area contributed by atoms with E-state index >= 15 is 0 Å². The Kier molecular flexibility index (Phi) is 5.55. The molecule has 0 aromatic heterocycles. The molecule has 0 amide bonds. The van der Waals surface area contributed by atoms with Gasteiger partial charge in [-0.2, -0.15) is 11.8 Å². The molecule has 0 aliphatic carbocycles. The van der Waals surface area contributed by atoms with E-state index in [1.807, 2.05) is 0 Å². The van der Waals surface area contributed by atoms with Gasteiger partial charge in [-0.1, -0.05) is 0 Å². The van der Waals surface area contributed by atoms with Gasteiger partial charge in [-0.15, -0.1) is 0 Å². The topological polar surface area (TPSA) is 95.7 Å². The van der Waals surface area contributed by atoms with Crippen LogP contribution in [0.4, 0.5) is 0 Å². The number of carbonyl (C=O) groups is 1. The van der Waals surface area contributed by atoms with E-state index in [4.69, 9.17) is 15.2 Å². The Morgan fingerprint density at radius 1 is 1.12 bits per heavy atom. The number of esters is 1. The van der Waals surface area contributed by atoms with E-state index in [1.54, 1.807) is 67.2 Å². The highest BCUT2D eigenvalue weighted by Crippen LogP contribution is 2.33. The summed E-state index contributed by atoms with van der Waals surface area (Å²) in [5.74, 6) is 2.01. The summed E-state index contributed by atoms with van der Waals surface area (Å²) in [6.07, 6.45) is 0. The molecule has 0 saturated carbocycles. The molecule has 3 rings (SSSR count). The third kappa shape index (κ3) is 5.00. The second-order valence-corrected chi connectivity index (χ2v) is 9.36. The van der Waals surface area contributed by atoms with Gasteiger partial charge in [0.25, 0.3) is 0 Å².